The van der Waals surface area contributed by atoms with Crippen LogP contribution in [0.3, 0.4) is 0 Å². The average Bonchev–Trinajstić information content (AvgIpc) is 2.89. The maximum Gasteiger partial charge on any atom is 0.122 e. The van der Waals surface area contributed by atoms with Gasteiger partial charge in [0.25, 0.3) is 0 Å². The van der Waals surface area contributed by atoms with Crippen molar-refractivity contribution in [2.75, 3.05) is 6.54 Å². The largest absolute Gasteiger partial charge is 0.488 e. The fourth-order valence-corrected chi connectivity index (χ4v) is 2.92. The van der Waals surface area contributed by atoms with E-state index in [1.165, 1.54) is 5.56 Å². The van der Waals surface area contributed by atoms with E-state index in [1.807, 2.05) is 24.3 Å². The zero-order valence-electron chi connectivity index (χ0n) is 11.9. The van der Waals surface area contributed by atoms with E-state index < -0.39 is 0 Å². The second kappa shape index (κ2) is 7.67. The highest BCUT2D eigenvalue weighted by Crippen LogP contribution is 2.23. The number of ether oxygens (including phenoxy) is 1. The summed E-state index contributed by atoms with van der Waals surface area (Å²) in [6.45, 7) is 5.96. The second-order valence-corrected chi connectivity index (χ2v) is 6.54. The molecule has 0 aliphatic heterocycles. The highest BCUT2D eigenvalue weighted by atomic mass is 35.5. The molecular formula is C16H20ClNOS. The summed E-state index contributed by atoms with van der Waals surface area (Å²) in [4.78, 5) is 1.14. The molecule has 0 fully saturated rings. The highest BCUT2D eigenvalue weighted by molar-refractivity contribution is 7.16. The van der Waals surface area contributed by atoms with Crippen LogP contribution in [0, 0.1) is 0 Å². The van der Waals surface area contributed by atoms with E-state index in [4.69, 9.17) is 16.3 Å². The van der Waals surface area contributed by atoms with Gasteiger partial charge in [0.05, 0.1) is 4.34 Å². The van der Waals surface area contributed by atoms with E-state index in [9.17, 15) is 0 Å². The van der Waals surface area contributed by atoms with E-state index in [-0.39, 0.29) is 0 Å². The molecule has 1 aromatic carbocycles. The van der Waals surface area contributed by atoms with Crippen molar-refractivity contribution in [2.24, 2.45) is 0 Å². The summed E-state index contributed by atoms with van der Waals surface area (Å²) in [7, 11) is 0. The summed E-state index contributed by atoms with van der Waals surface area (Å²) < 4.78 is 6.55. The first-order valence-electron chi connectivity index (χ1n) is 6.89. The van der Waals surface area contributed by atoms with Crippen molar-refractivity contribution in [3.8, 4) is 5.75 Å². The van der Waals surface area contributed by atoms with Crippen LogP contribution in [0.15, 0.2) is 36.4 Å². The smallest absolute Gasteiger partial charge is 0.122 e. The van der Waals surface area contributed by atoms with Gasteiger partial charge in [0.2, 0.25) is 0 Å². The van der Waals surface area contributed by atoms with Gasteiger partial charge in [-0.1, -0.05) is 30.7 Å². The second-order valence-electron chi connectivity index (χ2n) is 4.74. The van der Waals surface area contributed by atoms with Gasteiger partial charge < -0.3 is 10.1 Å². The maximum atomic E-state index is 5.90. The fraction of sp³-hybridized carbons (Fsp3) is 0.375. The third kappa shape index (κ3) is 4.51. The lowest BCUT2D eigenvalue weighted by molar-refractivity contribution is 0.309. The number of halogens is 1. The number of hydrogen-bond donors (Lipinski definition) is 1. The van der Waals surface area contributed by atoms with E-state index in [2.05, 4.69) is 31.3 Å². The first-order chi connectivity index (χ1) is 9.69. The molecule has 1 atom stereocenters. The van der Waals surface area contributed by atoms with Crippen molar-refractivity contribution in [2.45, 2.75) is 32.9 Å². The molecule has 0 saturated heterocycles. The summed E-state index contributed by atoms with van der Waals surface area (Å²) in [5.41, 5.74) is 1.28. The molecule has 1 aromatic heterocycles. The van der Waals surface area contributed by atoms with Crippen LogP contribution in [-0.4, -0.2) is 6.54 Å². The van der Waals surface area contributed by atoms with Crippen LogP contribution < -0.4 is 10.1 Å². The molecule has 0 amide bonds. The summed E-state index contributed by atoms with van der Waals surface area (Å²) in [5, 5.41) is 3.47. The number of benzene rings is 1. The van der Waals surface area contributed by atoms with Gasteiger partial charge in [-0.3, -0.25) is 0 Å². The predicted octanol–water partition coefficient (Wildman–Crippen LogP) is 5.04. The Labute approximate surface area is 129 Å². The molecule has 0 radical (unpaired) electrons. The lowest BCUT2D eigenvalue weighted by Gasteiger charge is -2.14. The van der Waals surface area contributed by atoms with Gasteiger partial charge in [-0.25, -0.2) is 0 Å². The Morgan fingerprint density at radius 1 is 1.20 bits per heavy atom. The summed E-state index contributed by atoms with van der Waals surface area (Å²) >= 11 is 7.45. The van der Waals surface area contributed by atoms with Gasteiger partial charge in [0.1, 0.15) is 12.4 Å². The molecule has 1 unspecified atom stereocenters. The Morgan fingerprint density at radius 3 is 2.55 bits per heavy atom. The third-order valence-electron chi connectivity index (χ3n) is 3.09. The van der Waals surface area contributed by atoms with Gasteiger partial charge in [-0.2, -0.15) is 0 Å². The van der Waals surface area contributed by atoms with Crippen LogP contribution in [-0.2, 0) is 6.61 Å². The molecule has 2 nitrogen and oxygen atoms in total. The van der Waals surface area contributed by atoms with Gasteiger partial charge in [-0.15, -0.1) is 11.3 Å². The SMILES string of the molecule is CCCNC(C)c1ccc(OCc2ccc(Cl)s2)cc1. The third-order valence-corrected chi connectivity index (χ3v) is 4.30. The van der Waals surface area contributed by atoms with Crippen molar-refractivity contribution in [1.82, 2.24) is 5.32 Å². The standard InChI is InChI=1S/C16H20ClNOS/c1-3-10-18-12(2)13-4-6-14(7-5-13)19-11-15-8-9-16(17)20-15/h4-9,12,18H,3,10-11H2,1-2H3. The molecule has 0 aliphatic carbocycles. The van der Waals surface area contributed by atoms with Crippen molar-refractivity contribution >= 4 is 22.9 Å². The molecule has 0 aliphatic rings. The van der Waals surface area contributed by atoms with E-state index in [0.717, 1.165) is 27.9 Å². The van der Waals surface area contributed by atoms with E-state index in [1.54, 1.807) is 11.3 Å². The number of rotatable bonds is 7. The van der Waals surface area contributed by atoms with Crippen LogP contribution in [0.4, 0.5) is 0 Å². The van der Waals surface area contributed by atoms with Crippen molar-refractivity contribution in [3.63, 3.8) is 0 Å². The fourth-order valence-electron chi connectivity index (χ4n) is 1.92. The molecule has 108 valence electrons. The van der Waals surface area contributed by atoms with Crippen LogP contribution >= 0.6 is 22.9 Å². The minimum absolute atomic E-state index is 0.375. The van der Waals surface area contributed by atoms with Crippen LogP contribution in [0.25, 0.3) is 0 Å². The Hall–Kier alpha value is -1.03. The van der Waals surface area contributed by atoms with Gasteiger partial charge in [0, 0.05) is 10.9 Å². The van der Waals surface area contributed by atoms with Crippen LogP contribution in [0.1, 0.15) is 36.8 Å². The maximum absolute atomic E-state index is 5.90. The Balaban J connectivity index is 1.87. The average molecular weight is 310 g/mol. The molecule has 1 heterocycles. The monoisotopic (exact) mass is 309 g/mol. The number of thiophene rings is 1. The van der Waals surface area contributed by atoms with Crippen molar-refractivity contribution < 1.29 is 4.74 Å². The minimum Gasteiger partial charge on any atom is -0.488 e. The molecule has 2 rings (SSSR count). The summed E-state index contributed by atoms with van der Waals surface area (Å²) in [6, 6.07) is 12.5. The van der Waals surface area contributed by atoms with Gasteiger partial charge in [-0.05, 0) is 49.7 Å². The Bertz CT molecular complexity index is 524. The lowest BCUT2D eigenvalue weighted by atomic mass is 10.1. The molecule has 0 bridgehead atoms. The van der Waals surface area contributed by atoms with E-state index >= 15 is 0 Å². The molecule has 0 saturated carbocycles. The quantitative estimate of drug-likeness (QED) is 0.773. The van der Waals surface area contributed by atoms with Crippen LogP contribution in [0.5, 0.6) is 5.75 Å². The zero-order valence-corrected chi connectivity index (χ0v) is 13.4. The summed E-state index contributed by atoms with van der Waals surface area (Å²) in [5.74, 6) is 0.890. The van der Waals surface area contributed by atoms with Crippen LogP contribution in [0.2, 0.25) is 4.34 Å². The molecule has 2 aromatic rings. The Kier molecular flexibility index (Phi) is 5.89. The van der Waals surface area contributed by atoms with Gasteiger partial charge in [0.15, 0.2) is 0 Å². The molecule has 20 heavy (non-hydrogen) atoms. The van der Waals surface area contributed by atoms with E-state index in [0.29, 0.717) is 12.6 Å². The van der Waals surface area contributed by atoms with Crippen molar-refractivity contribution in [3.05, 3.63) is 51.2 Å². The minimum atomic E-state index is 0.375. The molecule has 0 spiro atoms. The number of nitrogens with one attached hydrogen (secondary N) is 1. The normalized spacial score (nSPS) is 12.3. The molecular weight excluding hydrogens is 290 g/mol. The summed E-state index contributed by atoms with van der Waals surface area (Å²) in [6.07, 6.45) is 1.15. The topological polar surface area (TPSA) is 21.3 Å². The first kappa shape index (κ1) is 15.4. The zero-order chi connectivity index (χ0) is 14.4. The van der Waals surface area contributed by atoms with Crippen molar-refractivity contribution in [1.29, 1.82) is 0 Å². The Morgan fingerprint density at radius 2 is 1.95 bits per heavy atom. The van der Waals surface area contributed by atoms with Gasteiger partial charge >= 0.3 is 0 Å². The lowest BCUT2D eigenvalue weighted by Crippen LogP contribution is -2.19. The molecule has 1 N–H and O–H groups in total. The first-order valence-corrected chi connectivity index (χ1v) is 8.09. The molecule has 4 heteroatoms. The highest BCUT2D eigenvalue weighted by Gasteiger charge is 2.04. The number of hydrogen-bond acceptors (Lipinski definition) is 3. The predicted molar refractivity (Wildman–Crippen MR) is 86.8 cm³/mol.